The summed E-state index contributed by atoms with van der Waals surface area (Å²) in [6.07, 6.45) is 1.46. The van der Waals surface area contributed by atoms with Gasteiger partial charge in [-0.1, -0.05) is 237 Å². The SMILES string of the molecule is Cc1cc(C(C)(C)C)c(C2C(CO)CCC(CO)(c3c(C(C)(C)C)cc(C)cc3C(C)(C)C)C2(c2c(C(C)(C)C)cc(C)cc2C(C)(C)C)c2c(C(C)(C)C)cc(C)cc2C(C)(C)C)c(C(C)(C)C)c1. The van der Waals surface area contributed by atoms with Gasteiger partial charge in [-0.05, 0) is 157 Å². The van der Waals surface area contributed by atoms with Gasteiger partial charge in [0.25, 0.3) is 0 Å². The highest BCUT2D eigenvalue weighted by atomic mass is 16.3. The molecule has 1 saturated carbocycles. The summed E-state index contributed by atoms with van der Waals surface area (Å²) in [5.41, 5.74) is 16.8. The van der Waals surface area contributed by atoms with Crippen LogP contribution in [-0.2, 0) is 54.1 Å². The van der Waals surface area contributed by atoms with Crippen LogP contribution in [0, 0.1) is 33.6 Å². The minimum Gasteiger partial charge on any atom is -0.396 e. The molecule has 0 aliphatic heterocycles. The van der Waals surface area contributed by atoms with Crippen LogP contribution in [-0.4, -0.2) is 23.4 Å². The van der Waals surface area contributed by atoms with E-state index in [4.69, 9.17) is 0 Å². The molecule has 2 nitrogen and oxygen atoms in total. The highest BCUT2D eigenvalue weighted by molar-refractivity contribution is 5.70. The van der Waals surface area contributed by atoms with Crippen molar-refractivity contribution in [1.82, 2.24) is 0 Å². The molecule has 0 bridgehead atoms. The molecule has 0 aromatic heterocycles. The third-order valence-electron chi connectivity index (χ3n) is 16.4. The number of aryl methyl sites for hydroxylation is 4. The first-order valence-electron chi connectivity index (χ1n) is 27.2. The lowest BCUT2D eigenvalue weighted by atomic mass is 9.37. The van der Waals surface area contributed by atoms with Crippen molar-refractivity contribution in [3.63, 3.8) is 0 Å². The van der Waals surface area contributed by atoms with Gasteiger partial charge in [-0.2, -0.15) is 0 Å². The Kier molecular flexibility index (Phi) is 15.1. The van der Waals surface area contributed by atoms with Crippen LogP contribution >= 0.6 is 0 Å². The fourth-order valence-corrected chi connectivity index (χ4v) is 13.3. The molecule has 1 aliphatic rings. The first kappa shape index (κ1) is 57.7. The van der Waals surface area contributed by atoms with Crippen molar-refractivity contribution >= 4 is 0 Å². The van der Waals surface area contributed by atoms with Crippen molar-refractivity contribution < 1.29 is 10.2 Å². The minimum absolute atomic E-state index is 0.0320. The molecule has 4 aromatic rings. The molecule has 0 amide bonds. The van der Waals surface area contributed by atoms with Crippen LogP contribution < -0.4 is 0 Å². The Morgan fingerprint density at radius 1 is 0.371 bits per heavy atom. The van der Waals surface area contributed by atoms with Crippen LogP contribution in [0.15, 0.2) is 48.5 Å². The molecule has 1 fully saturated rings. The minimum atomic E-state index is -0.990. The highest BCUT2D eigenvalue weighted by Gasteiger charge is 2.68. The predicted octanol–water partition coefficient (Wildman–Crippen LogP) is 17.7. The third-order valence-corrected chi connectivity index (χ3v) is 16.4. The quantitative estimate of drug-likeness (QED) is 0.202. The van der Waals surface area contributed by atoms with Gasteiger partial charge < -0.3 is 10.2 Å². The predicted molar refractivity (Wildman–Crippen MR) is 306 cm³/mol. The van der Waals surface area contributed by atoms with E-state index in [0.717, 1.165) is 6.42 Å². The van der Waals surface area contributed by atoms with Crippen molar-refractivity contribution in [2.75, 3.05) is 13.2 Å². The van der Waals surface area contributed by atoms with E-state index in [0.29, 0.717) is 6.42 Å². The maximum absolute atomic E-state index is 14.1. The van der Waals surface area contributed by atoms with Crippen LogP contribution in [0.25, 0.3) is 0 Å². The van der Waals surface area contributed by atoms with Gasteiger partial charge in [-0.15, -0.1) is 0 Å². The highest BCUT2D eigenvalue weighted by Crippen LogP contribution is 2.71. The fraction of sp³-hybridized carbons (Fsp3) is 0.647. The van der Waals surface area contributed by atoms with Crippen molar-refractivity contribution in [1.29, 1.82) is 0 Å². The first-order valence-corrected chi connectivity index (χ1v) is 27.2. The Morgan fingerprint density at radius 3 is 0.814 bits per heavy atom. The van der Waals surface area contributed by atoms with E-state index in [9.17, 15) is 10.2 Å². The summed E-state index contributed by atoms with van der Waals surface area (Å²) in [5.74, 6) is -0.450. The number of rotatable bonds is 6. The number of hydrogen-bond donors (Lipinski definition) is 2. The van der Waals surface area contributed by atoms with Gasteiger partial charge in [0.2, 0.25) is 0 Å². The number of hydrogen-bond acceptors (Lipinski definition) is 2. The summed E-state index contributed by atoms with van der Waals surface area (Å²) >= 11 is 0. The molecule has 2 heteroatoms. The van der Waals surface area contributed by atoms with E-state index >= 15 is 0 Å². The van der Waals surface area contributed by atoms with E-state index in [1.54, 1.807) is 0 Å². The molecule has 0 saturated heterocycles. The Hall–Kier alpha value is -3.20. The first-order chi connectivity index (χ1) is 31.3. The maximum atomic E-state index is 14.1. The maximum Gasteiger partial charge on any atom is 0.0540 e. The summed E-state index contributed by atoms with van der Waals surface area (Å²) in [6, 6.07) is 20.1. The Bertz CT molecular complexity index is 2350. The Balaban J connectivity index is 2.62. The second-order valence-corrected chi connectivity index (χ2v) is 31.0. The van der Waals surface area contributed by atoms with Crippen molar-refractivity contribution in [2.45, 2.75) is 267 Å². The topological polar surface area (TPSA) is 40.5 Å². The van der Waals surface area contributed by atoms with Gasteiger partial charge >= 0.3 is 0 Å². The van der Waals surface area contributed by atoms with Crippen LogP contribution in [0.3, 0.4) is 0 Å². The number of benzene rings is 4. The lowest BCUT2D eigenvalue weighted by Crippen LogP contribution is -2.64. The average molecular weight is 954 g/mol. The third kappa shape index (κ3) is 10.2. The lowest BCUT2D eigenvalue weighted by Gasteiger charge is -2.65. The molecule has 70 heavy (non-hydrogen) atoms. The summed E-state index contributed by atoms with van der Waals surface area (Å²) in [6.45, 7) is 67.1. The zero-order chi connectivity index (χ0) is 53.9. The molecule has 4 aromatic carbocycles. The number of aliphatic hydroxyl groups excluding tert-OH is 2. The average Bonchev–Trinajstić information content (AvgIpc) is 3.16. The molecule has 3 atom stereocenters. The molecule has 0 spiro atoms. The van der Waals surface area contributed by atoms with E-state index in [1.807, 2.05) is 0 Å². The smallest absolute Gasteiger partial charge is 0.0540 e. The summed E-state index contributed by atoms with van der Waals surface area (Å²) < 4.78 is 0. The molecular weight excluding hydrogens is 849 g/mol. The van der Waals surface area contributed by atoms with E-state index < -0.39 is 10.8 Å². The van der Waals surface area contributed by atoms with Gasteiger partial charge in [-0.25, -0.2) is 0 Å². The fourth-order valence-electron chi connectivity index (χ4n) is 13.3. The monoisotopic (exact) mass is 953 g/mol. The van der Waals surface area contributed by atoms with Crippen LogP contribution in [0.4, 0.5) is 0 Å². The summed E-state index contributed by atoms with van der Waals surface area (Å²) in [4.78, 5) is 0. The summed E-state index contributed by atoms with van der Waals surface area (Å²) in [5, 5.41) is 26.8. The molecule has 3 unspecified atom stereocenters. The zero-order valence-electron chi connectivity index (χ0n) is 50.5. The molecule has 0 heterocycles. The zero-order valence-corrected chi connectivity index (χ0v) is 50.5. The lowest BCUT2D eigenvalue weighted by molar-refractivity contribution is 0.0183. The molecule has 388 valence electrons. The molecule has 5 rings (SSSR count). The molecule has 2 N–H and O–H groups in total. The standard InChI is InChI=1S/C68H104O2/c1-41-31-46(59(5,6)7)54(47(32-41)60(8,9)10)55-45(39-69)29-30-67(40-70,56-48(61(11,12)13)33-42(2)34-49(56)62(14,15)16)68(55,57-50(63(17,18)19)35-43(3)36-51(57)64(20,21)22)58-52(65(23,24)25)37-44(4)38-53(58)66(26,27)28/h31-38,45,55,69-70H,29-30,39-40H2,1-28H3. The molecule has 1 aliphatic carbocycles. The van der Waals surface area contributed by atoms with Crippen LogP contribution in [0.2, 0.25) is 0 Å². The second-order valence-electron chi connectivity index (χ2n) is 31.0. The van der Waals surface area contributed by atoms with E-state index in [2.05, 4.69) is 242 Å². The Labute approximate surface area is 431 Å². The summed E-state index contributed by atoms with van der Waals surface area (Å²) in [7, 11) is 0. The van der Waals surface area contributed by atoms with Gasteiger partial charge in [0.15, 0.2) is 0 Å². The van der Waals surface area contributed by atoms with Crippen LogP contribution in [0.5, 0.6) is 0 Å². The second kappa shape index (κ2) is 18.3. The van der Waals surface area contributed by atoms with E-state index in [1.165, 1.54) is 89.0 Å². The number of aliphatic hydroxyl groups is 2. The van der Waals surface area contributed by atoms with Crippen molar-refractivity contribution in [3.8, 4) is 0 Å². The van der Waals surface area contributed by atoms with Crippen molar-refractivity contribution in [2.24, 2.45) is 5.92 Å². The molecule has 0 radical (unpaired) electrons. The Morgan fingerprint density at radius 2 is 0.600 bits per heavy atom. The van der Waals surface area contributed by atoms with Crippen LogP contribution in [0.1, 0.15) is 274 Å². The van der Waals surface area contributed by atoms with Crippen molar-refractivity contribution in [3.05, 3.63) is 138 Å². The largest absolute Gasteiger partial charge is 0.396 e. The van der Waals surface area contributed by atoms with Gasteiger partial charge in [0.1, 0.15) is 0 Å². The van der Waals surface area contributed by atoms with E-state index in [-0.39, 0.29) is 68.4 Å². The van der Waals surface area contributed by atoms with Gasteiger partial charge in [0, 0.05) is 23.4 Å². The van der Waals surface area contributed by atoms with Gasteiger partial charge in [0.05, 0.1) is 6.61 Å². The molecular formula is C68H104O2. The normalized spacial score (nSPS) is 20.0. The van der Waals surface area contributed by atoms with Gasteiger partial charge in [-0.3, -0.25) is 0 Å².